The van der Waals surface area contributed by atoms with Gasteiger partial charge in [-0.15, -0.1) is 0 Å². The van der Waals surface area contributed by atoms with Crippen molar-refractivity contribution in [2.75, 3.05) is 11.8 Å². The second-order valence-electron chi connectivity index (χ2n) is 6.08. The Kier molecular flexibility index (Phi) is 4.82. The zero-order valence-corrected chi connectivity index (χ0v) is 16.1. The van der Waals surface area contributed by atoms with Crippen LogP contribution in [0.4, 0.5) is 18.9 Å². The summed E-state index contributed by atoms with van der Waals surface area (Å²) >= 11 is 1.30. The first-order chi connectivity index (χ1) is 13.9. The lowest BCUT2D eigenvalue weighted by atomic mass is 10.2. The van der Waals surface area contributed by atoms with Crippen LogP contribution in [0.3, 0.4) is 0 Å². The van der Waals surface area contributed by atoms with E-state index in [1.54, 1.807) is 36.3 Å². The lowest BCUT2D eigenvalue weighted by Gasteiger charge is -2.12. The van der Waals surface area contributed by atoms with Crippen molar-refractivity contribution in [1.29, 1.82) is 0 Å². The molecule has 0 fully saturated rings. The summed E-state index contributed by atoms with van der Waals surface area (Å²) in [5.74, 6) is 0.950. The van der Waals surface area contributed by atoms with Crippen LogP contribution < -0.4 is 9.46 Å². The number of methoxy groups -OCH3 is 1. The number of aryl methyl sites for hydroxylation is 1. The molecular formula is C18H15F3N6OS. The van der Waals surface area contributed by atoms with E-state index >= 15 is 0 Å². The van der Waals surface area contributed by atoms with Gasteiger partial charge in [0.15, 0.2) is 5.82 Å². The highest BCUT2D eigenvalue weighted by Gasteiger charge is 2.32. The molecule has 3 aromatic heterocycles. The normalized spacial score (nSPS) is 11.8. The Morgan fingerprint density at radius 3 is 2.55 bits per heavy atom. The average molecular weight is 420 g/mol. The van der Waals surface area contributed by atoms with Gasteiger partial charge in [0, 0.05) is 29.7 Å². The van der Waals surface area contributed by atoms with E-state index < -0.39 is 11.7 Å². The van der Waals surface area contributed by atoms with Crippen molar-refractivity contribution in [2.24, 2.45) is 7.05 Å². The molecule has 0 aliphatic rings. The number of alkyl halides is 3. The molecule has 0 spiro atoms. The largest absolute Gasteiger partial charge is 0.494 e. The number of nitrogens with one attached hydrogen (secondary N) is 1. The summed E-state index contributed by atoms with van der Waals surface area (Å²) < 4.78 is 49.7. The van der Waals surface area contributed by atoms with E-state index in [4.69, 9.17) is 4.74 Å². The van der Waals surface area contributed by atoms with Crippen LogP contribution in [0.15, 0.2) is 53.9 Å². The maximum atomic E-state index is 12.7. The maximum Gasteiger partial charge on any atom is 0.419 e. The number of halogens is 3. The van der Waals surface area contributed by atoms with Crippen molar-refractivity contribution in [1.82, 2.24) is 24.5 Å². The quantitative estimate of drug-likeness (QED) is 0.486. The van der Waals surface area contributed by atoms with Crippen LogP contribution in [0.25, 0.3) is 16.7 Å². The van der Waals surface area contributed by atoms with Crippen molar-refractivity contribution in [3.05, 3.63) is 54.6 Å². The van der Waals surface area contributed by atoms with E-state index in [2.05, 4.69) is 19.9 Å². The number of hydrogen-bond donors (Lipinski definition) is 1. The van der Waals surface area contributed by atoms with Gasteiger partial charge in [-0.05, 0) is 36.2 Å². The molecule has 0 unspecified atom stereocenters. The number of nitrogens with zero attached hydrogens (tertiary/aromatic N) is 5. The highest BCUT2D eigenvalue weighted by molar-refractivity contribution is 8.00. The fraction of sp³-hybridized carbons (Fsp3) is 0.167. The highest BCUT2D eigenvalue weighted by atomic mass is 32.2. The van der Waals surface area contributed by atoms with Gasteiger partial charge in [-0.25, -0.2) is 9.67 Å². The van der Waals surface area contributed by atoms with Gasteiger partial charge in [-0.3, -0.25) is 4.68 Å². The summed E-state index contributed by atoms with van der Waals surface area (Å²) in [6.07, 6.45) is 0.552. The zero-order chi connectivity index (χ0) is 20.6. The number of pyridine rings is 1. The molecule has 0 amide bonds. The smallest absolute Gasteiger partial charge is 0.419 e. The lowest BCUT2D eigenvalue weighted by Crippen LogP contribution is -2.03. The van der Waals surface area contributed by atoms with Gasteiger partial charge in [0.05, 0.1) is 30.6 Å². The third-order valence-corrected chi connectivity index (χ3v) is 5.00. The summed E-state index contributed by atoms with van der Waals surface area (Å²) in [5.41, 5.74) is 0.828. The zero-order valence-electron chi connectivity index (χ0n) is 15.3. The first kappa shape index (κ1) is 19.1. The Morgan fingerprint density at radius 1 is 1.07 bits per heavy atom. The molecule has 11 heteroatoms. The van der Waals surface area contributed by atoms with Gasteiger partial charge in [0.25, 0.3) is 0 Å². The van der Waals surface area contributed by atoms with Crippen LogP contribution in [-0.2, 0) is 13.2 Å². The van der Waals surface area contributed by atoms with E-state index in [1.165, 1.54) is 11.9 Å². The molecule has 0 saturated heterocycles. The first-order valence-electron chi connectivity index (χ1n) is 8.36. The molecule has 1 N–H and O–H groups in total. The molecular weight excluding hydrogens is 405 g/mol. The number of rotatable bonds is 5. The lowest BCUT2D eigenvalue weighted by molar-refractivity contribution is -0.137. The predicted octanol–water partition coefficient (Wildman–Crippen LogP) is 4.30. The number of aromatic nitrogens is 5. The minimum absolute atomic E-state index is 0.288. The minimum atomic E-state index is -4.44. The van der Waals surface area contributed by atoms with Crippen molar-refractivity contribution >= 4 is 28.5 Å². The van der Waals surface area contributed by atoms with Gasteiger partial charge in [0.1, 0.15) is 11.4 Å². The third kappa shape index (κ3) is 3.73. The van der Waals surface area contributed by atoms with E-state index in [1.807, 2.05) is 19.2 Å². The molecule has 0 aliphatic carbocycles. The fourth-order valence-electron chi connectivity index (χ4n) is 2.79. The van der Waals surface area contributed by atoms with Gasteiger partial charge in [-0.2, -0.15) is 23.4 Å². The molecule has 0 atom stereocenters. The molecule has 3 heterocycles. The van der Waals surface area contributed by atoms with Crippen molar-refractivity contribution in [3.63, 3.8) is 0 Å². The van der Waals surface area contributed by atoms with Crippen LogP contribution in [0.5, 0.6) is 5.75 Å². The number of benzene rings is 1. The number of hydrogen-bond acceptors (Lipinski definition) is 6. The van der Waals surface area contributed by atoms with Crippen LogP contribution in [0.2, 0.25) is 0 Å². The summed E-state index contributed by atoms with van der Waals surface area (Å²) in [6.45, 7) is 0. The van der Waals surface area contributed by atoms with Crippen LogP contribution in [0, 0.1) is 0 Å². The molecule has 0 radical (unpaired) electrons. The van der Waals surface area contributed by atoms with E-state index in [-0.39, 0.29) is 5.82 Å². The fourth-order valence-corrected chi connectivity index (χ4v) is 3.45. The van der Waals surface area contributed by atoms with Gasteiger partial charge in [-0.1, -0.05) is 0 Å². The van der Waals surface area contributed by atoms with Crippen molar-refractivity contribution < 1.29 is 17.9 Å². The molecule has 0 aliphatic heterocycles. The van der Waals surface area contributed by atoms with Crippen LogP contribution in [0.1, 0.15) is 5.56 Å². The predicted molar refractivity (Wildman–Crippen MR) is 103 cm³/mol. The van der Waals surface area contributed by atoms with Crippen molar-refractivity contribution in [2.45, 2.75) is 11.1 Å². The van der Waals surface area contributed by atoms with Crippen molar-refractivity contribution in [3.8, 4) is 11.6 Å². The molecule has 29 heavy (non-hydrogen) atoms. The summed E-state index contributed by atoms with van der Waals surface area (Å²) in [6, 6.07) is 7.11. The number of anilines is 1. The van der Waals surface area contributed by atoms with E-state index in [0.717, 1.165) is 38.6 Å². The molecule has 4 aromatic rings. The average Bonchev–Trinajstić information content (AvgIpc) is 3.34. The highest BCUT2D eigenvalue weighted by Crippen LogP contribution is 2.36. The number of ether oxygens (including phenoxy) is 1. The topological polar surface area (TPSA) is 69.8 Å². The molecule has 1 aromatic carbocycles. The first-order valence-corrected chi connectivity index (χ1v) is 9.18. The van der Waals surface area contributed by atoms with E-state index in [9.17, 15) is 13.2 Å². The van der Waals surface area contributed by atoms with E-state index in [0.29, 0.717) is 5.75 Å². The Hall–Kier alpha value is -3.21. The minimum Gasteiger partial charge on any atom is -0.494 e. The Morgan fingerprint density at radius 2 is 1.90 bits per heavy atom. The van der Waals surface area contributed by atoms with Gasteiger partial charge < -0.3 is 9.46 Å². The SMILES string of the molecule is COc1ccc2cnn(C)c2c1NSc1ccc(-n2cc(C(F)(F)F)cn2)nc1. The molecule has 0 bridgehead atoms. The second-order valence-corrected chi connectivity index (χ2v) is 6.96. The van der Waals surface area contributed by atoms with Crippen LogP contribution >= 0.6 is 11.9 Å². The van der Waals surface area contributed by atoms with Gasteiger partial charge in [0.2, 0.25) is 0 Å². The summed E-state index contributed by atoms with van der Waals surface area (Å²) in [4.78, 5) is 4.95. The van der Waals surface area contributed by atoms with Crippen LogP contribution in [-0.4, -0.2) is 31.7 Å². The molecule has 4 rings (SSSR count). The molecule has 150 valence electrons. The molecule has 7 nitrogen and oxygen atoms in total. The Labute approximate surface area is 167 Å². The Bertz CT molecular complexity index is 1150. The van der Waals surface area contributed by atoms with Gasteiger partial charge >= 0.3 is 6.18 Å². The monoisotopic (exact) mass is 420 g/mol. The molecule has 0 saturated carbocycles. The third-order valence-electron chi connectivity index (χ3n) is 4.22. The Balaban J connectivity index is 1.54. The second kappa shape index (κ2) is 7.32. The number of fused-ring (bicyclic) bond motifs is 1. The standard InChI is InChI=1S/C18H15F3N6OS/c1-26-17-11(7-23-26)3-5-14(28-2)16(17)25-29-13-4-6-15(22-9-13)27-10-12(8-24-27)18(19,20)21/h3-10,25H,1-2H3. The summed E-state index contributed by atoms with van der Waals surface area (Å²) in [5, 5.41) is 8.95. The maximum absolute atomic E-state index is 12.7. The summed E-state index contributed by atoms with van der Waals surface area (Å²) in [7, 11) is 3.43.